The van der Waals surface area contributed by atoms with Crippen LogP contribution < -0.4 is 0 Å². The Balaban J connectivity index is 1.59. The second kappa shape index (κ2) is 3.44. The van der Waals surface area contributed by atoms with Crippen molar-refractivity contribution in [1.29, 1.82) is 0 Å². The molecule has 0 unspecified atom stereocenters. The third-order valence-corrected chi connectivity index (χ3v) is 5.02. The Morgan fingerprint density at radius 2 is 2.20 bits per heavy atom. The smallest absolute Gasteiger partial charge is 0.171 e. The fraction of sp³-hybridized carbons (Fsp3) is 0.333. The molecule has 3 saturated carbocycles. The van der Waals surface area contributed by atoms with Gasteiger partial charge in [0.1, 0.15) is 11.3 Å². The Hall–Kier alpha value is -1.81. The maximum Gasteiger partial charge on any atom is 0.171 e. The van der Waals surface area contributed by atoms with Gasteiger partial charge in [-0.25, -0.2) is 0 Å². The Morgan fingerprint density at radius 3 is 2.90 bits per heavy atom. The second-order valence-electron chi connectivity index (χ2n) is 5.99. The maximum absolute atomic E-state index is 6.12. The third-order valence-electron chi connectivity index (χ3n) is 4.72. The van der Waals surface area contributed by atoms with Gasteiger partial charge in [0.05, 0.1) is 22.3 Å². The minimum atomic E-state index is 0.310. The molecule has 6 rings (SSSR count). The summed E-state index contributed by atoms with van der Waals surface area (Å²) in [6, 6.07) is 3.66. The summed E-state index contributed by atoms with van der Waals surface area (Å²) in [6.07, 6.45) is 9.48. The molecular formula is C15H12ClN3O. The number of hydrogen-bond acceptors (Lipinski definition) is 3. The van der Waals surface area contributed by atoms with E-state index in [1.165, 1.54) is 19.3 Å². The van der Waals surface area contributed by atoms with Crippen LogP contribution in [0.15, 0.2) is 35.1 Å². The highest BCUT2D eigenvalue weighted by Crippen LogP contribution is 2.62. The van der Waals surface area contributed by atoms with Crippen molar-refractivity contribution in [2.75, 3.05) is 0 Å². The number of halogens is 1. The summed E-state index contributed by atoms with van der Waals surface area (Å²) < 4.78 is 7.94. The Morgan fingerprint density at radius 1 is 1.35 bits per heavy atom. The van der Waals surface area contributed by atoms with E-state index in [-0.39, 0.29) is 0 Å². The third kappa shape index (κ3) is 1.27. The standard InChI is InChI=1S/C15H12ClN3O/c16-11-1-2-17-12-3-13(20-14(11)12)10-7-18-19(8-10)15-4-9(5-15)6-15/h1-3,7-9H,4-6H2. The van der Waals surface area contributed by atoms with Crippen molar-refractivity contribution in [3.63, 3.8) is 0 Å². The molecule has 0 amide bonds. The molecule has 0 aliphatic heterocycles. The van der Waals surface area contributed by atoms with Crippen LogP contribution in [-0.2, 0) is 5.54 Å². The highest BCUT2D eigenvalue weighted by Gasteiger charge is 2.58. The van der Waals surface area contributed by atoms with Crippen LogP contribution in [0.5, 0.6) is 0 Å². The lowest BCUT2D eigenvalue weighted by Gasteiger charge is -2.61. The molecular weight excluding hydrogens is 274 g/mol. The maximum atomic E-state index is 6.12. The monoisotopic (exact) mass is 285 g/mol. The SMILES string of the molecule is Clc1ccnc2cc(-c3cnn(C45CC(C4)C5)c3)oc12. The number of nitrogens with zero attached hydrogens (tertiary/aromatic N) is 3. The number of pyridine rings is 1. The normalized spacial score (nSPS) is 27.4. The molecule has 2 bridgehead atoms. The minimum Gasteiger partial charge on any atom is -0.453 e. The van der Waals surface area contributed by atoms with Gasteiger partial charge in [-0.2, -0.15) is 5.10 Å². The molecule has 20 heavy (non-hydrogen) atoms. The van der Waals surface area contributed by atoms with Crippen LogP contribution in [0.3, 0.4) is 0 Å². The topological polar surface area (TPSA) is 43.9 Å². The number of furan rings is 1. The zero-order chi connectivity index (χ0) is 13.3. The van der Waals surface area contributed by atoms with E-state index in [4.69, 9.17) is 16.0 Å². The van der Waals surface area contributed by atoms with Crippen molar-refractivity contribution in [2.45, 2.75) is 24.8 Å². The summed E-state index contributed by atoms with van der Waals surface area (Å²) in [5.41, 5.74) is 2.72. The van der Waals surface area contributed by atoms with Crippen molar-refractivity contribution in [1.82, 2.24) is 14.8 Å². The highest BCUT2D eigenvalue weighted by atomic mass is 35.5. The summed E-state index contributed by atoms with van der Waals surface area (Å²) in [5.74, 6) is 1.72. The first-order valence-electron chi connectivity index (χ1n) is 6.83. The lowest BCUT2D eigenvalue weighted by molar-refractivity contribution is -0.0977. The van der Waals surface area contributed by atoms with Crippen LogP contribution in [0.4, 0.5) is 0 Å². The lowest BCUT2D eigenvalue weighted by atomic mass is 9.50. The molecule has 5 heteroatoms. The second-order valence-corrected chi connectivity index (χ2v) is 6.40. The van der Waals surface area contributed by atoms with E-state index in [2.05, 4.69) is 21.0 Å². The van der Waals surface area contributed by atoms with E-state index in [0.717, 1.165) is 22.8 Å². The number of fused-ring (bicyclic) bond motifs is 1. The first kappa shape index (κ1) is 10.9. The van der Waals surface area contributed by atoms with Crippen LogP contribution in [0, 0.1) is 5.92 Å². The van der Waals surface area contributed by atoms with E-state index < -0.39 is 0 Å². The van der Waals surface area contributed by atoms with Crippen LogP contribution in [0.1, 0.15) is 19.3 Å². The van der Waals surface area contributed by atoms with Gasteiger partial charge in [0.2, 0.25) is 0 Å². The molecule has 3 aliphatic rings. The van der Waals surface area contributed by atoms with Gasteiger partial charge in [-0.15, -0.1) is 0 Å². The molecule has 0 aromatic carbocycles. The van der Waals surface area contributed by atoms with Crippen LogP contribution in [0.25, 0.3) is 22.4 Å². The van der Waals surface area contributed by atoms with Gasteiger partial charge in [-0.05, 0) is 31.2 Å². The molecule has 3 aliphatic carbocycles. The van der Waals surface area contributed by atoms with Crippen molar-refractivity contribution in [3.05, 3.63) is 35.7 Å². The van der Waals surface area contributed by atoms with Gasteiger partial charge in [0.25, 0.3) is 0 Å². The van der Waals surface area contributed by atoms with Gasteiger partial charge >= 0.3 is 0 Å². The fourth-order valence-corrected chi connectivity index (χ4v) is 3.66. The molecule has 0 radical (unpaired) electrons. The van der Waals surface area contributed by atoms with E-state index in [1.54, 1.807) is 12.3 Å². The summed E-state index contributed by atoms with van der Waals surface area (Å²) in [6.45, 7) is 0. The van der Waals surface area contributed by atoms with Crippen molar-refractivity contribution in [3.8, 4) is 11.3 Å². The zero-order valence-electron chi connectivity index (χ0n) is 10.7. The predicted molar refractivity (Wildman–Crippen MR) is 75.6 cm³/mol. The quantitative estimate of drug-likeness (QED) is 0.718. The number of rotatable bonds is 2. The molecule has 3 aromatic rings. The molecule has 3 heterocycles. The first-order chi connectivity index (χ1) is 9.73. The zero-order valence-corrected chi connectivity index (χ0v) is 11.5. The van der Waals surface area contributed by atoms with Crippen molar-refractivity contribution < 1.29 is 4.42 Å². The van der Waals surface area contributed by atoms with Crippen molar-refractivity contribution in [2.24, 2.45) is 5.92 Å². The van der Waals surface area contributed by atoms with Gasteiger partial charge < -0.3 is 4.42 Å². The summed E-state index contributed by atoms with van der Waals surface area (Å²) >= 11 is 6.12. The van der Waals surface area contributed by atoms with Crippen LogP contribution in [-0.4, -0.2) is 14.8 Å². The summed E-state index contributed by atoms with van der Waals surface area (Å²) in [4.78, 5) is 4.27. The number of hydrogen-bond donors (Lipinski definition) is 0. The minimum absolute atomic E-state index is 0.310. The molecule has 0 spiro atoms. The van der Waals surface area contributed by atoms with Gasteiger partial charge in [0, 0.05) is 18.5 Å². The van der Waals surface area contributed by atoms with E-state index in [1.807, 2.05) is 12.3 Å². The van der Waals surface area contributed by atoms with Gasteiger partial charge in [-0.1, -0.05) is 11.6 Å². The Labute approximate surface area is 120 Å². The predicted octanol–water partition coefficient (Wildman–Crippen LogP) is 3.85. The van der Waals surface area contributed by atoms with E-state index in [9.17, 15) is 0 Å². The van der Waals surface area contributed by atoms with E-state index in [0.29, 0.717) is 16.1 Å². The summed E-state index contributed by atoms with van der Waals surface area (Å²) in [7, 11) is 0. The lowest BCUT2D eigenvalue weighted by Crippen LogP contribution is -2.59. The van der Waals surface area contributed by atoms with Crippen LogP contribution >= 0.6 is 11.6 Å². The van der Waals surface area contributed by atoms with Gasteiger partial charge in [0.15, 0.2) is 5.58 Å². The molecule has 0 saturated heterocycles. The van der Waals surface area contributed by atoms with Crippen LogP contribution in [0.2, 0.25) is 5.02 Å². The molecule has 0 N–H and O–H groups in total. The van der Waals surface area contributed by atoms with Gasteiger partial charge in [-0.3, -0.25) is 9.67 Å². The molecule has 4 nitrogen and oxygen atoms in total. The molecule has 100 valence electrons. The van der Waals surface area contributed by atoms with Crippen molar-refractivity contribution >= 4 is 22.7 Å². The summed E-state index contributed by atoms with van der Waals surface area (Å²) in [5, 5.41) is 5.11. The van der Waals surface area contributed by atoms with E-state index >= 15 is 0 Å². The Kier molecular flexibility index (Phi) is 1.88. The number of aromatic nitrogens is 3. The molecule has 3 aromatic heterocycles. The highest BCUT2D eigenvalue weighted by molar-refractivity contribution is 6.34. The largest absolute Gasteiger partial charge is 0.453 e. The Bertz CT molecular complexity index is 818. The average molecular weight is 286 g/mol. The first-order valence-corrected chi connectivity index (χ1v) is 7.21. The molecule has 0 atom stereocenters. The fourth-order valence-electron chi connectivity index (χ4n) is 3.47. The molecule has 3 fully saturated rings. The average Bonchev–Trinajstić information content (AvgIpc) is 2.91.